The van der Waals surface area contributed by atoms with Gasteiger partial charge in [0.15, 0.2) is 0 Å². The third-order valence-electron chi connectivity index (χ3n) is 8.16. The highest BCUT2D eigenvalue weighted by molar-refractivity contribution is 6.30. The number of pyridine rings is 1. The number of aromatic nitrogens is 5. The number of aliphatic hydroxyl groups is 1. The predicted octanol–water partition coefficient (Wildman–Crippen LogP) is 3.61. The minimum absolute atomic E-state index is 0.0381. The molecular weight excluding hydrogens is 606 g/mol. The van der Waals surface area contributed by atoms with Gasteiger partial charge in [0.05, 0.1) is 29.9 Å². The molecule has 1 amide bonds. The van der Waals surface area contributed by atoms with E-state index in [0.717, 1.165) is 32.0 Å². The van der Waals surface area contributed by atoms with Crippen LogP contribution in [0.25, 0.3) is 28.3 Å². The SMILES string of the molecule is Cc1c(C(=O)Nc2ccc(-c3nc(-c4cccc(N5CCN(CCO)CC5)n4)cnc3N)cc2)c(=O)n(-c2cccc(Cl)c2)n1C. The van der Waals surface area contributed by atoms with E-state index in [1.165, 1.54) is 4.68 Å². The maximum atomic E-state index is 13.3. The van der Waals surface area contributed by atoms with Crippen molar-refractivity contribution in [2.24, 2.45) is 7.05 Å². The van der Waals surface area contributed by atoms with Crippen LogP contribution in [-0.2, 0) is 7.05 Å². The maximum Gasteiger partial charge on any atom is 0.284 e. The number of halogens is 1. The van der Waals surface area contributed by atoms with Gasteiger partial charge in [0.25, 0.3) is 11.5 Å². The third kappa shape index (κ3) is 6.23. The molecule has 0 bridgehead atoms. The van der Waals surface area contributed by atoms with Crippen LogP contribution in [0, 0.1) is 6.92 Å². The zero-order valence-corrected chi connectivity index (χ0v) is 26.3. The van der Waals surface area contributed by atoms with Crippen molar-refractivity contribution >= 4 is 34.8 Å². The van der Waals surface area contributed by atoms with E-state index in [4.69, 9.17) is 27.3 Å². The van der Waals surface area contributed by atoms with Crippen LogP contribution in [0.5, 0.6) is 0 Å². The Kier molecular flexibility index (Phi) is 8.84. The molecule has 5 aromatic rings. The van der Waals surface area contributed by atoms with E-state index in [1.807, 2.05) is 18.2 Å². The highest BCUT2D eigenvalue weighted by Crippen LogP contribution is 2.28. The summed E-state index contributed by atoms with van der Waals surface area (Å²) in [4.78, 5) is 45.1. The molecule has 0 atom stereocenters. The second kappa shape index (κ2) is 13.1. The summed E-state index contributed by atoms with van der Waals surface area (Å²) >= 11 is 6.14. The van der Waals surface area contributed by atoms with Crippen molar-refractivity contribution in [2.45, 2.75) is 6.92 Å². The topological polar surface area (TPSA) is 147 Å². The molecule has 6 rings (SSSR count). The van der Waals surface area contributed by atoms with Crippen molar-refractivity contribution in [3.8, 4) is 28.3 Å². The minimum Gasteiger partial charge on any atom is -0.395 e. The largest absolute Gasteiger partial charge is 0.395 e. The number of nitrogens with one attached hydrogen (secondary N) is 1. The average molecular weight is 640 g/mol. The molecule has 4 N–H and O–H groups in total. The summed E-state index contributed by atoms with van der Waals surface area (Å²) in [5, 5.41) is 12.5. The van der Waals surface area contributed by atoms with Gasteiger partial charge >= 0.3 is 0 Å². The first kappa shape index (κ1) is 31.0. The number of carbonyl (C=O) groups excluding carboxylic acids is 1. The Morgan fingerprint density at radius 3 is 2.46 bits per heavy atom. The highest BCUT2D eigenvalue weighted by Gasteiger charge is 2.23. The first-order valence-electron chi connectivity index (χ1n) is 14.9. The Balaban J connectivity index is 1.20. The van der Waals surface area contributed by atoms with E-state index >= 15 is 0 Å². The van der Waals surface area contributed by atoms with Gasteiger partial charge in [0, 0.05) is 56.0 Å². The predicted molar refractivity (Wildman–Crippen MR) is 180 cm³/mol. The maximum absolute atomic E-state index is 13.3. The van der Waals surface area contributed by atoms with E-state index in [0.29, 0.717) is 51.3 Å². The van der Waals surface area contributed by atoms with Gasteiger partial charge in [-0.3, -0.25) is 19.2 Å². The van der Waals surface area contributed by atoms with E-state index in [9.17, 15) is 14.7 Å². The summed E-state index contributed by atoms with van der Waals surface area (Å²) in [5.74, 6) is 0.598. The zero-order valence-electron chi connectivity index (χ0n) is 25.5. The van der Waals surface area contributed by atoms with Gasteiger partial charge in [0.1, 0.15) is 28.6 Å². The monoisotopic (exact) mass is 639 g/mol. The number of anilines is 3. The Morgan fingerprint density at radius 2 is 1.74 bits per heavy atom. The summed E-state index contributed by atoms with van der Waals surface area (Å²) in [6.45, 7) is 5.92. The molecular formula is C33H34ClN9O3. The molecule has 2 aromatic carbocycles. The molecule has 1 fully saturated rings. The lowest BCUT2D eigenvalue weighted by molar-refractivity contribution is 0.102. The van der Waals surface area contributed by atoms with Gasteiger partial charge in [-0.05, 0) is 49.4 Å². The summed E-state index contributed by atoms with van der Waals surface area (Å²) in [5.41, 5.74) is 9.87. The smallest absolute Gasteiger partial charge is 0.284 e. The first-order valence-corrected chi connectivity index (χ1v) is 15.3. The summed E-state index contributed by atoms with van der Waals surface area (Å²) in [6, 6.07) is 19.7. The minimum atomic E-state index is -0.520. The number of carbonyl (C=O) groups is 1. The molecule has 3 aromatic heterocycles. The van der Waals surface area contributed by atoms with Gasteiger partial charge in [0.2, 0.25) is 0 Å². The van der Waals surface area contributed by atoms with Crippen LogP contribution in [0.1, 0.15) is 16.1 Å². The molecule has 0 radical (unpaired) electrons. The quantitative estimate of drug-likeness (QED) is 0.232. The molecule has 0 saturated carbocycles. The number of rotatable bonds is 8. The number of hydrogen-bond donors (Lipinski definition) is 3. The molecule has 46 heavy (non-hydrogen) atoms. The molecule has 0 aliphatic carbocycles. The van der Waals surface area contributed by atoms with Crippen LogP contribution in [-0.4, -0.2) is 79.6 Å². The normalized spacial score (nSPS) is 13.6. The van der Waals surface area contributed by atoms with E-state index in [1.54, 1.807) is 73.4 Å². The number of aliphatic hydroxyl groups excluding tert-OH is 1. The van der Waals surface area contributed by atoms with Crippen LogP contribution in [0.2, 0.25) is 5.02 Å². The fraction of sp³-hybridized carbons (Fsp3) is 0.242. The molecule has 1 aliphatic heterocycles. The number of β-amino-alcohol motifs (C(OH)–C–C–N with tert-alkyl or cyclic N) is 1. The van der Waals surface area contributed by atoms with Crippen LogP contribution in [0.4, 0.5) is 17.3 Å². The van der Waals surface area contributed by atoms with E-state index in [-0.39, 0.29) is 18.0 Å². The van der Waals surface area contributed by atoms with Gasteiger partial charge in [-0.2, -0.15) is 0 Å². The van der Waals surface area contributed by atoms with Crippen molar-refractivity contribution in [3.63, 3.8) is 0 Å². The molecule has 13 heteroatoms. The van der Waals surface area contributed by atoms with Gasteiger partial charge in [-0.1, -0.05) is 35.9 Å². The van der Waals surface area contributed by atoms with Crippen LogP contribution in [0.3, 0.4) is 0 Å². The Morgan fingerprint density at radius 1 is 1.00 bits per heavy atom. The van der Waals surface area contributed by atoms with Crippen molar-refractivity contribution in [2.75, 3.05) is 55.3 Å². The number of hydrogen-bond acceptors (Lipinski definition) is 9. The van der Waals surface area contributed by atoms with Crippen LogP contribution < -0.4 is 21.5 Å². The second-order valence-electron chi connectivity index (χ2n) is 11.0. The lowest BCUT2D eigenvalue weighted by Gasteiger charge is -2.35. The zero-order chi connectivity index (χ0) is 32.4. The first-order chi connectivity index (χ1) is 22.2. The van der Waals surface area contributed by atoms with Gasteiger partial charge in [-0.15, -0.1) is 0 Å². The van der Waals surface area contributed by atoms with Crippen molar-refractivity contribution < 1.29 is 9.90 Å². The standard InChI is InChI=1S/C33H34ClN9O3/c1-21-29(33(46)43(40(21)2)25-6-3-5-23(34)19-25)32(45)37-24-11-9-22(10-12-24)30-31(35)36-20-27(39-30)26-7-4-8-28(38-26)42-15-13-41(14-16-42)17-18-44/h3-12,19-20,44H,13-18H2,1-2H3,(H2,35,36)(H,37,45). The lowest BCUT2D eigenvalue weighted by atomic mass is 10.1. The third-order valence-corrected chi connectivity index (χ3v) is 8.39. The molecule has 1 aliphatic rings. The van der Waals surface area contributed by atoms with Crippen LogP contribution in [0.15, 0.2) is 77.7 Å². The fourth-order valence-electron chi connectivity index (χ4n) is 5.59. The second-order valence-corrected chi connectivity index (χ2v) is 11.5. The summed E-state index contributed by atoms with van der Waals surface area (Å²) in [6.07, 6.45) is 1.61. The molecule has 1 saturated heterocycles. The van der Waals surface area contributed by atoms with Crippen molar-refractivity contribution in [1.29, 1.82) is 0 Å². The fourth-order valence-corrected chi connectivity index (χ4v) is 5.78. The molecule has 236 valence electrons. The van der Waals surface area contributed by atoms with E-state index in [2.05, 4.69) is 20.1 Å². The van der Waals surface area contributed by atoms with Crippen molar-refractivity contribution in [3.05, 3.63) is 99.6 Å². The summed E-state index contributed by atoms with van der Waals surface area (Å²) < 4.78 is 3.04. The van der Waals surface area contributed by atoms with Crippen LogP contribution >= 0.6 is 11.6 Å². The number of amides is 1. The molecule has 12 nitrogen and oxygen atoms in total. The Hall–Kier alpha value is -5.04. The number of nitrogens with two attached hydrogens (primary N) is 1. The number of nitrogens with zero attached hydrogens (tertiary/aromatic N) is 7. The number of piperazine rings is 1. The summed E-state index contributed by atoms with van der Waals surface area (Å²) in [7, 11) is 1.72. The molecule has 0 spiro atoms. The average Bonchev–Trinajstić information content (AvgIpc) is 3.29. The highest BCUT2D eigenvalue weighted by atomic mass is 35.5. The Labute approximate surface area is 270 Å². The molecule has 4 heterocycles. The lowest BCUT2D eigenvalue weighted by Crippen LogP contribution is -2.47. The number of benzene rings is 2. The van der Waals surface area contributed by atoms with Crippen molar-refractivity contribution in [1.82, 2.24) is 29.2 Å². The van der Waals surface area contributed by atoms with E-state index < -0.39 is 11.5 Å². The van der Waals surface area contributed by atoms with Gasteiger partial charge in [-0.25, -0.2) is 19.6 Å². The number of nitrogen functional groups attached to an aromatic ring is 1. The van der Waals surface area contributed by atoms with Gasteiger partial charge < -0.3 is 21.1 Å². The molecule has 0 unspecified atom stereocenters. The Bertz CT molecular complexity index is 1950.